The van der Waals surface area contributed by atoms with E-state index in [0.717, 1.165) is 22.4 Å². The van der Waals surface area contributed by atoms with E-state index < -0.39 is 0 Å². The quantitative estimate of drug-likeness (QED) is 0.275. The molecule has 0 radical (unpaired) electrons. The van der Waals surface area contributed by atoms with Crippen molar-refractivity contribution >= 4 is 21.8 Å². The Morgan fingerprint density at radius 2 is 1.21 bits per heavy atom. The average molecular weight is 435 g/mol. The summed E-state index contributed by atoms with van der Waals surface area (Å²) in [6.07, 6.45) is 0. The molecule has 1 aromatic heterocycles. The van der Waals surface area contributed by atoms with Gasteiger partial charge in [0.05, 0.1) is 28.4 Å². The van der Waals surface area contributed by atoms with Gasteiger partial charge in [0.1, 0.15) is 0 Å². The minimum atomic E-state index is 0.667. The summed E-state index contributed by atoms with van der Waals surface area (Å²) in [6, 6.07) is 42.6. The van der Waals surface area contributed by atoms with Gasteiger partial charge in [-0.25, -0.2) is 0 Å². The Morgan fingerprint density at radius 1 is 0.588 bits per heavy atom. The molecule has 0 fully saturated rings. The van der Waals surface area contributed by atoms with Crippen LogP contribution >= 0.6 is 0 Å². The van der Waals surface area contributed by atoms with Crippen LogP contribution in [0.15, 0.2) is 115 Å². The molecule has 0 bridgehead atoms. The van der Waals surface area contributed by atoms with Crippen LogP contribution in [0.1, 0.15) is 11.1 Å². The summed E-state index contributed by atoms with van der Waals surface area (Å²) >= 11 is 0. The highest BCUT2D eigenvalue weighted by atomic mass is 15.0. The SMILES string of the molecule is Cc1ccc(-c2cc(-c3cccc(C#N)c3)ccc2-n2c3ccccc3c3ccccc32)cc1. The lowest BCUT2D eigenvalue weighted by molar-refractivity contribution is 1.18. The van der Waals surface area contributed by atoms with Gasteiger partial charge in [-0.3, -0.25) is 0 Å². The Bertz CT molecular complexity index is 1660. The lowest BCUT2D eigenvalue weighted by Crippen LogP contribution is -1.98. The maximum Gasteiger partial charge on any atom is 0.0991 e. The van der Waals surface area contributed by atoms with Crippen LogP contribution in [-0.4, -0.2) is 4.57 Å². The number of benzene rings is 5. The number of hydrogen-bond donors (Lipinski definition) is 0. The molecule has 0 aliphatic carbocycles. The van der Waals surface area contributed by atoms with Gasteiger partial charge in [-0.05, 0) is 60.0 Å². The normalized spacial score (nSPS) is 11.1. The molecule has 5 aromatic carbocycles. The lowest BCUT2D eigenvalue weighted by atomic mass is 9.96. The van der Waals surface area contributed by atoms with E-state index in [1.165, 1.54) is 32.9 Å². The maximum absolute atomic E-state index is 9.38. The van der Waals surface area contributed by atoms with Gasteiger partial charge < -0.3 is 4.57 Å². The Hall–Kier alpha value is -4.61. The third kappa shape index (κ3) is 3.27. The van der Waals surface area contributed by atoms with Gasteiger partial charge in [0.2, 0.25) is 0 Å². The Morgan fingerprint density at radius 3 is 1.88 bits per heavy atom. The molecule has 6 aromatic rings. The average Bonchev–Trinajstić information content (AvgIpc) is 3.23. The number of aryl methyl sites for hydroxylation is 1. The van der Waals surface area contributed by atoms with Crippen LogP contribution in [0, 0.1) is 18.3 Å². The first-order valence-electron chi connectivity index (χ1n) is 11.4. The van der Waals surface area contributed by atoms with E-state index in [0.29, 0.717) is 5.56 Å². The molecule has 1 heterocycles. The molecule has 0 spiro atoms. The van der Waals surface area contributed by atoms with Crippen molar-refractivity contribution in [3.8, 4) is 34.0 Å². The molecule has 0 atom stereocenters. The van der Waals surface area contributed by atoms with Gasteiger partial charge >= 0.3 is 0 Å². The van der Waals surface area contributed by atoms with Gasteiger partial charge in [0.15, 0.2) is 0 Å². The fourth-order valence-corrected chi connectivity index (χ4v) is 4.83. The number of para-hydroxylation sites is 2. The van der Waals surface area contributed by atoms with Crippen LogP contribution in [0.4, 0.5) is 0 Å². The monoisotopic (exact) mass is 434 g/mol. The number of aromatic nitrogens is 1. The molecule has 6 rings (SSSR count). The van der Waals surface area contributed by atoms with E-state index in [1.54, 1.807) is 0 Å². The van der Waals surface area contributed by atoms with E-state index in [9.17, 15) is 5.26 Å². The topological polar surface area (TPSA) is 28.7 Å². The number of fused-ring (bicyclic) bond motifs is 3. The highest BCUT2D eigenvalue weighted by Gasteiger charge is 2.16. The number of nitriles is 1. The smallest absolute Gasteiger partial charge is 0.0991 e. The van der Waals surface area contributed by atoms with Gasteiger partial charge in [-0.2, -0.15) is 5.26 Å². The van der Waals surface area contributed by atoms with Crippen LogP contribution < -0.4 is 0 Å². The zero-order chi connectivity index (χ0) is 23.1. The summed E-state index contributed by atoms with van der Waals surface area (Å²) in [5.41, 5.74) is 9.89. The van der Waals surface area contributed by atoms with Crippen molar-refractivity contribution in [1.29, 1.82) is 5.26 Å². The van der Waals surface area contributed by atoms with E-state index >= 15 is 0 Å². The van der Waals surface area contributed by atoms with Gasteiger partial charge in [0.25, 0.3) is 0 Å². The van der Waals surface area contributed by atoms with E-state index in [-0.39, 0.29) is 0 Å². The van der Waals surface area contributed by atoms with Crippen molar-refractivity contribution in [2.45, 2.75) is 6.92 Å². The van der Waals surface area contributed by atoms with Crippen LogP contribution in [0.3, 0.4) is 0 Å². The summed E-state index contributed by atoms with van der Waals surface area (Å²) in [4.78, 5) is 0. The van der Waals surface area contributed by atoms with Crippen molar-refractivity contribution in [3.05, 3.63) is 126 Å². The van der Waals surface area contributed by atoms with Crippen LogP contribution in [0.2, 0.25) is 0 Å². The molecular weight excluding hydrogens is 412 g/mol. The van der Waals surface area contributed by atoms with Gasteiger partial charge in [-0.1, -0.05) is 84.4 Å². The molecule has 160 valence electrons. The van der Waals surface area contributed by atoms with Crippen molar-refractivity contribution in [2.24, 2.45) is 0 Å². The van der Waals surface area contributed by atoms with Crippen LogP contribution in [0.25, 0.3) is 49.7 Å². The first-order chi connectivity index (χ1) is 16.7. The second-order valence-corrected chi connectivity index (χ2v) is 8.66. The number of nitrogens with zero attached hydrogens (tertiary/aromatic N) is 2. The molecular formula is C32H22N2. The third-order valence-electron chi connectivity index (χ3n) is 6.51. The molecule has 2 nitrogen and oxygen atoms in total. The van der Waals surface area contributed by atoms with Crippen molar-refractivity contribution in [1.82, 2.24) is 4.57 Å². The predicted molar refractivity (Wildman–Crippen MR) is 141 cm³/mol. The molecule has 0 aliphatic rings. The first-order valence-corrected chi connectivity index (χ1v) is 11.4. The first kappa shape index (κ1) is 20.0. The van der Waals surface area contributed by atoms with Gasteiger partial charge in [-0.15, -0.1) is 0 Å². The van der Waals surface area contributed by atoms with E-state index in [4.69, 9.17) is 0 Å². The Kier molecular flexibility index (Phi) is 4.75. The largest absolute Gasteiger partial charge is 0.309 e. The van der Waals surface area contributed by atoms with Crippen molar-refractivity contribution < 1.29 is 0 Å². The molecule has 34 heavy (non-hydrogen) atoms. The summed E-state index contributed by atoms with van der Waals surface area (Å²) in [5.74, 6) is 0. The molecule has 0 amide bonds. The molecule has 0 saturated carbocycles. The lowest BCUT2D eigenvalue weighted by Gasteiger charge is -2.16. The van der Waals surface area contributed by atoms with E-state index in [1.807, 2.05) is 18.2 Å². The maximum atomic E-state index is 9.38. The summed E-state index contributed by atoms with van der Waals surface area (Å²) in [6.45, 7) is 2.11. The third-order valence-corrected chi connectivity index (χ3v) is 6.51. The van der Waals surface area contributed by atoms with E-state index in [2.05, 4.69) is 115 Å². The zero-order valence-electron chi connectivity index (χ0n) is 18.9. The predicted octanol–water partition coefficient (Wildman–Crippen LogP) is 8.30. The number of rotatable bonds is 3. The molecule has 0 saturated heterocycles. The zero-order valence-corrected chi connectivity index (χ0v) is 18.9. The summed E-state index contributed by atoms with van der Waals surface area (Å²) < 4.78 is 2.37. The Balaban J connectivity index is 1.67. The number of hydrogen-bond acceptors (Lipinski definition) is 1. The minimum Gasteiger partial charge on any atom is -0.309 e. The highest BCUT2D eigenvalue weighted by molar-refractivity contribution is 6.09. The highest BCUT2D eigenvalue weighted by Crippen LogP contribution is 2.38. The minimum absolute atomic E-state index is 0.667. The standard InChI is InChI=1S/C32H22N2/c1-22-13-15-24(16-14-22)29-20-26(25-8-6-7-23(19-25)21-33)17-18-32(29)34-30-11-4-2-9-27(30)28-10-3-5-12-31(28)34/h2-20H,1H3. The van der Waals surface area contributed by atoms with Crippen molar-refractivity contribution in [2.75, 3.05) is 0 Å². The van der Waals surface area contributed by atoms with Crippen LogP contribution in [0.5, 0.6) is 0 Å². The molecule has 0 N–H and O–H groups in total. The fourth-order valence-electron chi connectivity index (χ4n) is 4.83. The molecule has 2 heteroatoms. The van der Waals surface area contributed by atoms with Gasteiger partial charge in [0, 0.05) is 16.3 Å². The summed E-state index contributed by atoms with van der Waals surface area (Å²) in [7, 11) is 0. The molecule has 0 unspecified atom stereocenters. The fraction of sp³-hybridized carbons (Fsp3) is 0.0312. The van der Waals surface area contributed by atoms with Crippen LogP contribution in [-0.2, 0) is 0 Å². The molecule has 0 aliphatic heterocycles. The second-order valence-electron chi connectivity index (χ2n) is 8.66. The Labute approximate surface area is 199 Å². The van der Waals surface area contributed by atoms with Crippen molar-refractivity contribution in [3.63, 3.8) is 0 Å². The summed E-state index contributed by atoms with van der Waals surface area (Å²) in [5, 5.41) is 11.9. The second kappa shape index (κ2) is 8.06.